The van der Waals surface area contributed by atoms with E-state index in [-0.39, 0.29) is 0 Å². The van der Waals surface area contributed by atoms with Crippen molar-refractivity contribution in [3.63, 3.8) is 0 Å². The SMILES string of the molecule is CCCNC(CCc1c(C)cccc1C)C1CCCC1. The Balaban J connectivity index is 1.96. The lowest BCUT2D eigenvalue weighted by molar-refractivity contribution is 0.340. The van der Waals surface area contributed by atoms with Gasteiger partial charge < -0.3 is 5.32 Å². The standard InChI is InChI=1S/C19H31N/c1-4-14-20-19(17-10-5-6-11-17)13-12-18-15(2)8-7-9-16(18)3/h7-9,17,19-20H,4-6,10-14H2,1-3H3. The van der Waals surface area contributed by atoms with Crippen molar-refractivity contribution in [3.05, 3.63) is 34.9 Å². The zero-order valence-corrected chi connectivity index (χ0v) is 13.5. The molecule has 0 bridgehead atoms. The predicted octanol–water partition coefficient (Wildman–Crippen LogP) is 4.79. The summed E-state index contributed by atoms with van der Waals surface area (Å²) in [6.07, 6.45) is 9.54. The van der Waals surface area contributed by atoms with Crippen LogP contribution < -0.4 is 5.32 Å². The molecule has 0 saturated heterocycles. The first kappa shape index (κ1) is 15.6. The lowest BCUT2D eigenvalue weighted by Gasteiger charge is -2.25. The van der Waals surface area contributed by atoms with Crippen molar-refractivity contribution in [3.8, 4) is 0 Å². The van der Waals surface area contributed by atoms with E-state index in [0.29, 0.717) is 0 Å². The molecule has 1 atom stereocenters. The molecule has 0 aliphatic heterocycles. The molecule has 0 amide bonds. The molecule has 0 aromatic heterocycles. The summed E-state index contributed by atoms with van der Waals surface area (Å²) >= 11 is 0. The molecule has 1 N–H and O–H groups in total. The monoisotopic (exact) mass is 273 g/mol. The minimum absolute atomic E-state index is 0.733. The molecule has 0 radical (unpaired) electrons. The minimum atomic E-state index is 0.733. The molecule has 1 aromatic carbocycles. The van der Waals surface area contributed by atoms with Gasteiger partial charge in [-0.2, -0.15) is 0 Å². The Kier molecular flexibility index (Phi) is 6.09. The van der Waals surface area contributed by atoms with E-state index in [1.165, 1.54) is 62.6 Å². The van der Waals surface area contributed by atoms with Crippen LogP contribution in [0.25, 0.3) is 0 Å². The van der Waals surface area contributed by atoms with E-state index in [0.717, 1.165) is 12.0 Å². The maximum absolute atomic E-state index is 3.82. The summed E-state index contributed by atoms with van der Waals surface area (Å²) in [7, 11) is 0. The van der Waals surface area contributed by atoms with Crippen molar-refractivity contribution >= 4 is 0 Å². The van der Waals surface area contributed by atoms with Crippen molar-refractivity contribution in [2.45, 2.75) is 71.8 Å². The van der Waals surface area contributed by atoms with Crippen LogP contribution in [-0.2, 0) is 6.42 Å². The number of benzene rings is 1. The van der Waals surface area contributed by atoms with Gasteiger partial charge in [0.15, 0.2) is 0 Å². The van der Waals surface area contributed by atoms with E-state index < -0.39 is 0 Å². The van der Waals surface area contributed by atoms with Crippen LogP contribution in [0.1, 0.15) is 62.1 Å². The summed E-state index contributed by atoms with van der Waals surface area (Å²) in [5.41, 5.74) is 4.50. The van der Waals surface area contributed by atoms with Gasteiger partial charge in [0, 0.05) is 6.04 Å². The minimum Gasteiger partial charge on any atom is -0.314 e. The number of hydrogen-bond acceptors (Lipinski definition) is 1. The average molecular weight is 273 g/mol. The second kappa shape index (κ2) is 7.83. The van der Waals surface area contributed by atoms with Gasteiger partial charge in [-0.1, -0.05) is 38.0 Å². The fraction of sp³-hybridized carbons (Fsp3) is 0.684. The Bertz CT molecular complexity index is 384. The molecule has 1 heteroatoms. The van der Waals surface area contributed by atoms with Crippen LogP contribution in [-0.4, -0.2) is 12.6 Å². The third-order valence-corrected chi connectivity index (χ3v) is 4.98. The molecule has 1 nitrogen and oxygen atoms in total. The highest BCUT2D eigenvalue weighted by molar-refractivity contribution is 5.33. The average Bonchev–Trinajstić information content (AvgIpc) is 2.95. The number of hydrogen-bond donors (Lipinski definition) is 1. The fourth-order valence-electron chi connectivity index (χ4n) is 3.74. The molecule has 1 fully saturated rings. The maximum atomic E-state index is 3.82. The highest BCUT2D eigenvalue weighted by atomic mass is 14.9. The molecule has 1 aliphatic carbocycles. The maximum Gasteiger partial charge on any atom is 0.00984 e. The topological polar surface area (TPSA) is 12.0 Å². The first-order valence-electron chi connectivity index (χ1n) is 8.50. The van der Waals surface area contributed by atoms with Gasteiger partial charge in [-0.05, 0) is 75.1 Å². The Morgan fingerprint density at radius 2 is 1.80 bits per heavy atom. The van der Waals surface area contributed by atoms with E-state index in [4.69, 9.17) is 0 Å². The molecule has 1 aromatic rings. The second-order valence-corrected chi connectivity index (χ2v) is 6.51. The third-order valence-electron chi connectivity index (χ3n) is 4.98. The smallest absolute Gasteiger partial charge is 0.00984 e. The van der Waals surface area contributed by atoms with Crippen LogP contribution >= 0.6 is 0 Å². The van der Waals surface area contributed by atoms with E-state index in [9.17, 15) is 0 Å². The van der Waals surface area contributed by atoms with E-state index in [1.54, 1.807) is 5.56 Å². The fourth-order valence-corrected chi connectivity index (χ4v) is 3.74. The molecule has 1 aliphatic rings. The van der Waals surface area contributed by atoms with Gasteiger partial charge in [0.1, 0.15) is 0 Å². The lowest BCUT2D eigenvalue weighted by Crippen LogP contribution is -2.36. The molecule has 1 saturated carbocycles. The molecule has 2 rings (SSSR count). The zero-order chi connectivity index (χ0) is 14.4. The molecule has 112 valence electrons. The Morgan fingerprint density at radius 1 is 1.15 bits per heavy atom. The molecule has 20 heavy (non-hydrogen) atoms. The van der Waals surface area contributed by atoms with Crippen LogP contribution in [0.15, 0.2) is 18.2 Å². The summed E-state index contributed by atoms with van der Waals surface area (Å²) in [6.45, 7) is 7.96. The predicted molar refractivity (Wildman–Crippen MR) is 88.3 cm³/mol. The van der Waals surface area contributed by atoms with Gasteiger partial charge in [0.2, 0.25) is 0 Å². The Hall–Kier alpha value is -0.820. The number of nitrogens with one attached hydrogen (secondary N) is 1. The summed E-state index contributed by atoms with van der Waals surface area (Å²) in [5, 5.41) is 3.82. The van der Waals surface area contributed by atoms with Crippen molar-refractivity contribution in [1.82, 2.24) is 5.32 Å². The molecule has 0 spiro atoms. The number of rotatable bonds is 7. The van der Waals surface area contributed by atoms with Gasteiger partial charge in [-0.3, -0.25) is 0 Å². The van der Waals surface area contributed by atoms with Crippen LogP contribution in [0.2, 0.25) is 0 Å². The van der Waals surface area contributed by atoms with Gasteiger partial charge in [-0.25, -0.2) is 0 Å². The Labute approximate surface area is 125 Å². The van der Waals surface area contributed by atoms with Gasteiger partial charge >= 0.3 is 0 Å². The molecular formula is C19H31N. The summed E-state index contributed by atoms with van der Waals surface area (Å²) < 4.78 is 0. The number of aryl methyl sites for hydroxylation is 2. The quantitative estimate of drug-likeness (QED) is 0.753. The highest BCUT2D eigenvalue weighted by Gasteiger charge is 2.24. The van der Waals surface area contributed by atoms with Crippen molar-refractivity contribution in [1.29, 1.82) is 0 Å². The van der Waals surface area contributed by atoms with Crippen LogP contribution in [0.4, 0.5) is 0 Å². The van der Waals surface area contributed by atoms with Gasteiger partial charge in [-0.15, -0.1) is 0 Å². The zero-order valence-electron chi connectivity index (χ0n) is 13.5. The first-order chi connectivity index (χ1) is 9.72. The summed E-state index contributed by atoms with van der Waals surface area (Å²) in [6, 6.07) is 7.42. The van der Waals surface area contributed by atoms with Crippen molar-refractivity contribution in [2.24, 2.45) is 5.92 Å². The lowest BCUT2D eigenvalue weighted by atomic mass is 9.90. The third kappa shape index (κ3) is 4.09. The normalized spacial score (nSPS) is 17.6. The van der Waals surface area contributed by atoms with Gasteiger partial charge in [0.25, 0.3) is 0 Å². The van der Waals surface area contributed by atoms with E-state index >= 15 is 0 Å². The molecule has 1 unspecified atom stereocenters. The van der Waals surface area contributed by atoms with E-state index in [2.05, 4.69) is 44.3 Å². The molecule has 0 heterocycles. The highest BCUT2D eigenvalue weighted by Crippen LogP contribution is 2.30. The van der Waals surface area contributed by atoms with Crippen molar-refractivity contribution < 1.29 is 0 Å². The largest absolute Gasteiger partial charge is 0.314 e. The van der Waals surface area contributed by atoms with E-state index in [1.807, 2.05) is 0 Å². The van der Waals surface area contributed by atoms with Crippen LogP contribution in [0, 0.1) is 19.8 Å². The summed E-state index contributed by atoms with van der Waals surface area (Å²) in [4.78, 5) is 0. The van der Waals surface area contributed by atoms with Crippen LogP contribution in [0.5, 0.6) is 0 Å². The summed E-state index contributed by atoms with van der Waals surface area (Å²) in [5.74, 6) is 0.922. The molecular weight excluding hydrogens is 242 g/mol. The van der Waals surface area contributed by atoms with Crippen LogP contribution in [0.3, 0.4) is 0 Å². The van der Waals surface area contributed by atoms with Gasteiger partial charge in [0.05, 0.1) is 0 Å². The Morgan fingerprint density at radius 3 is 2.40 bits per heavy atom. The first-order valence-corrected chi connectivity index (χ1v) is 8.50. The van der Waals surface area contributed by atoms with Crippen molar-refractivity contribution in [2.75, 3.05) is 6.54 Å². The second-order valence-electron chi connectivity index (χ2n) is 6.51.